The van der Waals surface area contributed by atoms with Crippen molar-refractivity contribution in [3.05, 3.63) is 125 Å². The van der Waals surface area contributed by atoms with Gasteiger partial charge in [0.1, 0.15) is 11.5 Å². The van der Waals surface area contributed by atoms with E-state index in [1.807, 2.05) is 84.9 Å². The Bertz CT molecular complexity index is 1860. The average molecular weight is 558 g/mol. The molecule has 41 heavy (non-hydrogen) atoms. The molecule has 0 atom stereocenters. The molecule has 202 valence electrons. The molecule has 5 aromatic rings. The van der Waals surface area contributed by atoms with E-state index in [2.05, 4.69) is 17.4 Å². The number of aromatic hydroxyl groups is 1. The largest absolute Gasteiger partial charge is 0.508 e. The van der Waals surface area contributed by atoms with E-state index in [1.165, 1.54) is 10.8 Å². The van der Waals surface area contributed by atoms with E-state index in [4.69, 9.17) is 17.0 Å². The lowest BCUT2D eigenvalue weighted by atomic mass is 9.88. The lowest BCUT2D eigenvalue weighted by Crippen LogP contribution is -2.35. The van der Waals surface area contributed by atoms with Crippen LogP contribution in [0.1, 0.15) is 29.5 Å². The number of hydrogen-bond acceptors (Lipinski definition) is 5. The topological polar surface area (TPSA) is 75.6 Å². The SMILES string of the molecule is O=C1CCc2c(ccc3ccccc23)O1.O=C1NC(=S)CC(c2ccccc2)=C1Cc1c(O)ccc2ccccc12. The number of fused-ring (bicyclic) bond motifs is 4. The Kier molecular flexibility index (Phi) is 7.32. The summed E-state index contributed by atoms with van der Waals surface area (Å²) in [6.07, 6.45) is 2.15. The van der Waals surface area contributed by atoms with Crippen molar-refractivity contribution >= 4 is 56.2 Å². The predicted molar refractivity (Wildman–Crippen MR) is 166 cm³/mol. The summed E-state index contributed by atoms with van der Waals surface area (Å²) in [7, 11) is 0. The summed E-state index contributed by atoms with van der Waals surface area (Å²) >= 11 is 5.26. The maximum atomic E-state index is 12.7. The second-order valence-corrected chi connectivity index (χ2v) is 10.6. The molecule has 0 saturated carbocycles. The number of phenolic OH excluding ortho intramolecular Hbond substituents is 1. The third-order valence-electron chi connectivity index (χ3n) is 7.52. The standard InChI is InChI=1S/C22H17NO2S.C13H10O2/c24-20-11-10-15-8-4-5-9-16(15)18(20)12-19-17(13-21(26)23-22(19)25)14-6-2-1-3-7-14;14-13-8-6-11-10-4-2-1-3-9(10)5-7-12(11)15-13/h1-11,24H,12-13H2,(H,23,25,26);1-5,7H,6,8H2. The van der Waals surface area contributed by atoms with Crippen LogP contribution in [0.4, 0.5) is 0 Å². The van der Waals surface area contributed by atoms with Gasteiger partial charge in [-0.1, -0.05) is 103 Å². The molecule has 0 aliphatic carbocycles. The van der Waals surface area contributed by atoms with Gasteiger partial charge in [-0.25, -0.2) is 0 Å². The van der Waals surface area contributed by atoms with Crippen molar-refractivity contribution in [2.24, 2.45) is 0 Å². The van der Waals surface area contributed by atoms with Gasteiger partial charge in [-0.05, 0) is 51.2 Å². The number of carbonyl (C=O) groups is 2. The fourth-order valence-corrected chi connectivity index (χ4v) is 5.75. The lowest BCUT2D eigenvalue weighted by molar-refractivity contribution is -0.135. The molecule has 6 heteroatoms. The van der Waals surface area contributed by atoms with Crippen molar-refractivity contribution in [2.45, 2.75) is 25.7 Å². The van der Waals surface area contributed by atoms with Crippen LogP contribution in [0, 0.1) is 0 Å². The smallest absolute Gasteiger partial charge is 0.311 e. The number of phenols is 1. The molecule has 0 radical (unpaired) electrons. The Labute approximate surface area is 243 Å². The second kappa shape index (κ2) is 11.4. The van der Waals surface area contributed by atoms with Gasteiger partial charge in [0.25, 0.3) is 5.91 Å². The number of carbonyl (C=O) groups excluding carboxylic acids is 2. The van der Waals surface area contributed by atoms with Gasteiger partial charge in [0.2, 0.25) is 0 Å². The number of benzene rings is 5. The van der Waals surface area contributed by atoms with E-state index in [1.54, 1.807) is 6.07 Å². The highest BCUT2D eigenvalue weighted by Gasteiger charge is 2.25. The number of amides is 1. The molecule has 0 spiro atoms. The summed E-state index contributed by atoms with van der Waals surface area (Å²) in [6, 6.07) is 33.3. The molecular weight excluding hydrogens is 530 g/mol. The summed E-state index contributed by atoms with van der Waals surface area (Å²) in [5.41, 5.74) is 4.48. The highest BCUT2D eigenvalue weighted by atomic mass is 32.1. The van der Waals surface area contributed by atoms with Crippen molar-refractivity contribution in [3.63, 3.8) is 0 Å². The molecule has 2 aliphatic heterocycles. The van der Waals surface area contributed by atoms with Gasteiger partial charge in [-0.2, -0.15) is 0 Å². The number of hydrogen-bond donors (Lipinski definition) is 2. The zero-order valence-corrected chi connectivity index (χ0v) is 23.0. The molecular formula is C35H27NO4S. The van der Waals surface area contributed by atoms with Gasteiger partial charge in [0, 0.05) is 29.5 Å². The molecule has 2 N–H and O–H groups in total. The first-order valence-corrected chi connectivity index (χ1v) is 13.9. The van der Waals surface area contributed by atoms with Crippen LogP contribution in [-0.4, -0.2) is 22.0 Å². The Hall–Kier alpha value is -4.81. The first-order valence-electron chi connectivity index (χ1n) is 13.5. The van der Waals surface area contributed by atoms with E-state index in [-0.39, 0.29) is 17.6 Å². The molecule has 0 saturated heterocycles. The Morgan fingerprint density at radius 2 is 1.41 bits per heavy atom. The summed E-state index contributed by atoms with van der Waals surface area (Å²) in [5.74, 6) is 0.611. The maximum Gasteiger partial charge on any atom is 0.311 e. The van der Waals surface area contributed by atoms with Gasteiger partial charge in [0.05, 0.1) is 11.4 Å². The monoisotopic (exact) mass is 557 g/mol. The fraction of sp³-hybridized carbons (Fsp3) is 0.114. The minimum absolute atomic E-state index is 0.127. The van der Waals surface area contributed by atoms with Crippen LogP contribution in [0.3, 0.4) is 0 Å². The van der Waals surface area contributed by atoms with Crippen molar-refractivity contribution in [3.8, 4) is 11.5 Å². The van der Waals surface area contributed by atoms with E-state index in [0.29, 0.717) is 29.8 Å². The van der Waals surface area contributed by atoms with Gasteiger partial charge >= 0.3 is 5.97 Å². The van der Waals surface area contributed by atoms with Crippen molar-refractivity contribution < 1.29 is 19.4 Å². The van der Waals surface area contributed by atoms with E-state index in [9.17, 15) is 14.7 Å². The van der Waals surface area contributed by atoms with E-state index >= 15 is 0 Å². The van der Waals surface area contributed by atoms with Crippen molar-refractivity contribution in [1.82, 2.24) is 5.32 Å². The average Bonchev–Trinajstić information content (AvgIpc) is 3.00. The Morgan fingerprint density at radius 3 is 2.20 bits per heavy atom. The molecule has 5 aromatic carbocycles. The zero-order valence-electron chi connectivity index (χ0n) is 22.2. The molecule has 0 unspecified atom stereocenters. The minimum atomic E-state index is -0.188. The van der Waals surface area contributed by atoms with Crippen molar-refractivity contribution in [1.29, 1.82) is 0 Å². The highest BCUT2D eigenvalue weighted by molar-refractivity contribution is 7.80. The fourth-order valence-electron chi connectivity index (χ4n) is 5.51. The van der Waals surface area contributed by atoms with Gasteiger partial charge in [0.15, 0.2) is 0 Å². The summed E-state index contributed by atoms with van der Waals surface area (Å²) in [4.78, 5) is 24.4. The number of thiocarbonyl (C=S) groups is 1. The quantitative estimate of drug-likeness (QED) is 0.141. The number of nitrogens with one attached hydrogen (secondary N) is 1. The van der Waals surface area contributed by atoms with E-state index in [0.717, 1.165) is 45.2 Å². The molecule has 0 aromatic heterocycles. The van der Waals surface area contributed by atoms with Crippen LogP contribution in [0.25, 0.3) is 27.1 Å². The summed E-state index contributed by atoms with van der Waals surface area (Å²) in [6.45, 7) is 0. The van der Waals surface area contributed by atoms with Crippen molar-refractivity contribution in [2.75, 3.05) is 0 Å². The van der Waals surface area contributed by atoms with Crippen LogP contribution >= 0.6 is 12.2 Å². The number of ether oxygens (including phenoxy) is 1. The predicted octanol–water partition coefficient (Wildman–Crippen LogP) is 7.08. The second-order valence-electron chi connectivity index (χ2n) is 10.1. The maximum absolute atomic E-state index is 12.7. The third kappa shape index (κ3) is 5.47. The van der Waals surface area contributed by atoms with Crippen LogP contribution < -0.4 is 10.1 Å². The molecule has 0 bridgehead atoms. The van der Waals surface area contributed by atoms with E-state index < -0.39 is 0 Å². The Balaban J connectivity index is 0.000000170. The third-order valence-corrected chi connectivity index (χ3v) is 7.77. The number of rotatable bonds is 3. The minimum Gasteiger partial charge on any atom is -0.508 e. The molecule has 1 amide bonds. The molecule has 5 nitrogen and oxygen atoms in total. The first kappa shape index (κ1) is 26.4. The van der Waals surface area contributed by atoms with Gasteiger partial charge in [-0.3, -0.25) is 9.59 Å². The molecule has 2 heterocycles. The molecule has 7 rings (SSSR count). The summed E-state index contributed by atoms with van der Waals surface area (Å²) < 4.78 is 5.20. The summed E-state index contributed by atoms with van der Waals surface area (Å²) in [5, 5.41) is 17.6. The number of esters is 1. The van der Waals surface area contributed by atoms with Crippen LogP contribution in [0.5, 0.6) is 11.5 Å². The molecule has 2 aliphatic rings. The van der Waals surface area contributed by atoms with Crippen LogP contribution in [0.2, 0.25) is 0 Å². The molecule has 0 fully saturated rings. The number of aryl methyl sites for hydroxylation is 1. The van der Waals surface area contributed by atoms with Gasteiger partial charge < -0.3 is 15.2 Å². The van der Waals surface area contributed by atoms with Crippen LogP contribution in [0.15, 0.2) is 109 Å². The van der Waals surface area contributed by atoms with Gasteiger partial charge in [-0.15, -0.1) is 0 Å². The van der Waals surface area contributed by atoms with Crippen LogP contribution in [-0.2, 0) is 22.4 Å². The lowest BCUT2D eigenvalue weighted by Gasteiger charge is -2.22. The zero-order chi connectivity index (χ0) is 28.3. The highest BCUT2D eigenvalue weighted by Crippen LogP contribution is 2.34. The normalized spacial score (nSPS) is 14.7. The first-order chi connectivity index (χ1) is 20.0. The Morgan fingerprint density at radius 1 is 0.756 bits per heavy atom.